The zero-order valence-corrected chi connectivity index (χ0v) is 27.7. The van der Waals surface area contributed by atoms with Crippen LogP contribution < -0.4 is 14.8 Å². The molecule has 2 N–H and O–H groups in total. The summed E-state index contributed by atoms with van der Waals surface area (Å²) < 4.78 is 39.4. The van der Waals surface area contributed by atoms with Crippen molar-refractivity contribution in [1.82, 2.24) is 19.9 Å². The van der Waals surface area contributed by atoms with Gasteiger partial charge in [-0.15, -0.1) is 6.58 Å². The van der Waals surface area contributed by atoms with Crippen molar-refractivity contribution in [3.8, 4) is 23.2 Å². The van der Waals surface area contributed by atoms with Crippen molar-refractivity contribution < 1.29 is 32.3 Å². The molecule has 0 radical (unpaired) electrons. The summed E-state index contributed by atoms with van der Waals surface area (Å²) in [5.74, 6) is -1.64. The molecule has 2 aromatic carbocycles. The number of hydrogen-bond acceptors (Lipinski definition) is 9. The van der Waals surface area contributed by atoms with Crippen LogP contribution in [-0.4, -0.2) is 71.3 Å². The molecule has 3 aromatic rings. The zero-order chi connectivity index (χ0) is 34.4. The van der Waals surface area contributed by atoms with Crippen LogP contribution in [0.1, 0.15) is 52.0 Å². The number of carbonyl (C=O) groups is 3. The van der Waals surface area contributed by atoms with Crippen LogP contribution in [0.5, 0.6) is 5.88 Å². The van der Waals surface area contributed by atoms with Gasteiger partial charge in [0.2, 0.25) is 21.8 Å². The van der Waals surface area contributed by atoms with Gasteiger partial charge in [-0.25, -0.2) is 18.2 Å². The molecular formula is C35H37N5O7S. The van der Waals surface area contributed by atoms with E-state index in [2.05, 4.69) is 22.7 Å². The van der Waals surface area contributed by atoms with Gasteiger partial charge in [0.25, 0.3) is 5.91 Å². The highest BCUT2D eigenvalue weighted by molar-refractivity contribution is 7.91. The minimum atomic E-state index is -3.86. The van der Waals surface area contributed by atoms with Gasteiger partial charge in [-0.2, -0.15) is 5.26 Å². The molecule has 2 aliphatic carbocycles. The Hall–Kier alpha value is -4.96. The number of benzene rings is 2. The lowest BCUT2D eigenvalue weighted by Gasteiger charge is -2.29. The van der Waals surface area contributed by atoms with E-state index < -0.39 is 62.4 Å². The van der Waals surface area contributed by atoms with Gasteiger partial charge >= 0.3 is 6.09 Å². The van der Waals surface area contributed by atoms with Gasteiger partial charge < -0.3 is 14.8 Å². The minimum Gasteiger partial charge on any atom is -0.472 e. The summed E-state index contributed by atoms with van der Waals surface area (Å²) in [4.78, 5) is 46.8. The molecule has 48 heavy (non-hydrogen) atoms. The second-order valence-corrected chi connectivity index (χ2v) is 15.5. The highest BCUT2D eigenvalue weighted by Gasteiger charge is 2.62. The standard InChI is InChI=1S/C35H37N5O7S/c1-5-24-18-35(24,32(42)39-48(44,45)26-14-15-26)38-30(41)29-17-25(20-40(29)33(43)47-34(2,3)4)46-31-27-9-7-6-8-23(27)16-28(37-31)22-12-10-21(19-36)11-13-22/h5-13,16,24-26,29H,1,14-15,17-18,20H2,2-4H3,(H,38,41)(H,39,42). The Labute approximate surface area is 279 Å². The van der Waals surface area contributed by atoms with E-state index in [1.54, 1.807) is 45.0 Å². The Kier molecular flexibility index (Phi) is 8.41. The number of rotatable bonds is 9. The molecule has 250 valence electrons. The van der Waals surface area contributed by atoms with E-state index in [0.717, 1.165) is 16.3 Å². The summed E-state index contributed by atoms with van der Waals surface area (Å²) in [6.07, 6.45) is 1.26. The van der Waals surface area contributed by atoms with Gasteiger partial charge in [0, 0.05) is 23.3 Å². The lowest BCUT2D eigenvalue weighted by Crippen LogP contribution is -2.56. The van der Waals surface area contributed by atoms with Crippen molar-refractivity contribution >= 4 is 38.7 Å². The number of nitriles is 1. The Morgan fingerprint density at radius 3 is 2.46 bits per heavy atom. The van der Waals surface area contributed by atoms with Gasteiger partial charge in [0.15, 0.2) is 0 Å². The molecule has 0 spiro atoms. The van der Waals surface area contributed by atoms with Gasteiger partial charge in [-0.1, -0.05) is 36.4 Å². The van der Waals surface area contributed by atoms with E-state index in [0.29, 0.717) is 30.0 Å². The molecule has 0 bridgehead atoms. The number of aromatic nitrogens is 1. The van der Waals surface area contributed by atoms with Crippen molar-refractivity contribution in [2.45, 2.75) is 75.0 Å². The Morgan fingerprint density at radius 1 is 1.12 bits per heavy atom. The average molecular weight is 672 g/mol. The van der Waals surface area contributed by atoms with Gasteiger partial charge in [-0.05, 0) is 69.7 Å². The predicted molar refractivity (Wildman–Crippen MR) is 177 cm³/mol. The van der Waals surface area contributed by atoms with E-state index in [1.165, 1.54) is 11.0 Å². The maximum absolute atomic E-state index is 13.9. The molecule has 1 aromatic heterocycles. The van der Waals surface area contributed by atoms with Crippen molar-refractivity contribution in [2.75, 3.05) is 6.54 Å². The van der Waals surface area contributed by atoms with Crippen LogP contribution in [0.4, 0.5) is 4.79 Å². The lowest BCUT2D eigenvalue weighted by atomic mass is 10.1. The fourth-order valence-electron chi connectivity index (χ4n) is 5.95. The second kappa shape index (κ2) is 12.2. The molecule has 3 fully saturated rings. The maximum Gasteiger partial charge on any atom is 0.411 e. The highest BCUT2D eigenvalue weighted by atomic mass is 32.2. The lowest BCUT2D eigenvalue weighted by molar-refractivity contribution is -0.131. The molecule has 4 atom stereocenters. The molecule has 4 unspecified atom stereocenters. The third kappa shape index (κ3) is 6.71. The Bertz CT molecular complexity index is 1950. The first-order valence-corrected chi connectivity index (χ1v) is 17.3. The van der Waals surface area contributed by atoms with E-state index in [-0.39, 0.29) is 19.4 Å². The van der Waals surface area contributed by atoms with E-state index in [4.69, 9.17) is 14.5 Å². The number of amides is 3. The van der Waals surface area contributed by atoms with Crippen molar-refractivity contribution in [3.63, 3.8) is 0 Å². The number of carbonyl (C=O) groups excluding carboxylic acids is 3. The number of fused-ring (bicyclic) bond motifs is 1. The molecular weight excluding hydrogens is 634 g/mol. The summed E-state index contributed by atoms with van der Waals surface area (Å²) in [7, 11) is -3.86. The molecule has 2 saturated carbocycles. The van der Waals surface area contributed by atoms with E-state index in [1.807, 2.05) is 30.3 Å². The molecule has 3 amide bonds. The summed E-state index contributed by atoms with van der Waals surface area (Å²) >= 11 is 0. The molecule has 6 rings (SSSR count). The number of pyridine rings is 1. The van der Waals surface area contributed by atoms with Crippen molar-refractivity contribution in [1.29, 1.82) is 5.26 Å². The van der Waals surface area contributed by atoms with E-state index >= 15 is 0 Å². The monoisotopic (exact) mass is 671 g/mol. The number of nitrogens with one attached hydrogen (secondary N) is 2. The minimum absolute atomic E-state index is 0.00968. The van der Waals surface area contributed by atoms with Crippen LogP contribution in [0, 0.1) is 17.2 Å². The SMILES string of the molecule is C=CC1CC1(NC(=O)C1CC(Oc2nc(-c3ccc(C#N)cc3)cc3ccccc23)CN1C(=O)OC(C)(C)C)C(=O)NS(=O)(=O)C1CC1. The number of hydrogen-bond donors (Lipinski definition) is 2. The highest BCUT2D eigenvalue weighted by Crippen LogP contribution is 2.45. The number of likely N-dealkylation sites (tertiary alicyclic amines) is 1. The van der Waals surface area contributed by atoms with Crippen LogP contribution >= 0.6 is 0 Å². The van der Waals surface area contributed by atoms with Gasteiger partial charge in [0.1, 0.15) is 23.3 Å². The molecule has 12 nitrogen and oxygen atoms in total. The summed E-state index contributed by atoms with van der Waals surface area (Å²) in [5.41, 5.74) is -0.456. The summed E-state index contributed by atoms with van der Waals surface area (Å²) in [6, 6.07) is 17.5. The second-order valence-electron chi connectivity index (χ2n) is 13.5. The molecule has 2 heterocycles. The fourth-order valence-corrected chi connectivity index (χ4v) is 7.31. The summed E-state index contributed by atoms with van der Waals surface area (Å²) in [6.45, 7) is 8.88. The normalized spacial score (nSPS) is 23.5. The zero-order valence-electron chi connectivity index (χ0n) is 26.9. The van der Waals surface area contributed by atoms with Crippen LogP contribution in [-0.2, 0) is 24.3 Å². The first kappa shape index (κ1) is 33.0. The third-order valence-corrected chi connectivity index (χ3v) is 10.6. The van der Waals surface area contributed by atoms with E-state index in [9.17, 15) is 28.1 Å². The first-order valence-electron chi connectivity index (χ1n) is 15.8. The van der Waals surface area contributed by atoms with Crippen LogP contribution in [0.2, 0.25) is 0 Å². The molecule has 1 aliphatic heterocycles. The van der Waals surface area contributed by atoms with Crippen LogP contribution in [0.3, 0.4) is 0 Å². The quantitative estimate of drug-likeness (QED) is 0.317. The van der Waals surface area contributed by atoms with Crippen LogP contribution in [0.25, 0.3) is 22.0 Å². The third-order valence-electron chi connectivity index (χ3n) is 8.74. The number of nitrogens with zero attached hydrogens (tertiary/aromatic N) is 3. The average Bonchev–Trinajstić information content (AvgIpc) is 3.97. The molecule has 3 aliphatic rings. The van der Waals surface area contributed by atoms with Crippen molar-refractivity contribution in [2.24, 2.45) is 5.92 Å². The topological polar surface area (TPSA) is 168 Å². The van der Waals surface area contributed by atoms with Gasteiger partial charge in [-0.3, -0.25) is 19.2 Å². The van der Waals surface area contributed by atoms with Crippen LogP contribution in [0.15, 0.2) is 67.3 Å². The van der Waals surface area contributed by atoms with Crippen molar-refractivity contribution in [3.05, 3.63) is 72.8 Å². The maximum atomic E-state index is 13.9. The molecule has 13 heteroatoms. The first-order chi connectivity index (χ1) is 22.7. The predicted octanol–water partition coefficient (Wildman–Crippen LogP) is 4.20. The summed E-state index contributed by atoms with van der Waals surface area (Å²) in [5, 5.41) is 12.9. The molecule has 1 saturated heterocycles. The largest absolute Gasteiger partial charge is 0.472 e. The Balaban J connectivity index is 1.27. The Morgan fingerprint density at radius 2 is 1.83 bits per heavy atom. The fraction of sp³-hybridized carbons (Fsp3) is 0.400. The number of sulfonamides is 1. The smallest absolute Gasteiger partial charge is 0.411 e. The van der Waals surface area contributed by atoms with Gasteiger partial charge in [0.05, 0.1) is 29.1 Å². The number of ether oxygens (including phenoxy) is 2.